The lowest BCUT2D eigenvalue weighted by atomic mass is 10.0. The lowest BCUT2D eigenvalue weighted by Gasteiger charge is -2.13. The first-order valence-corrected chi connectivity index (χ1v) is 6.32. The molecule has 16 heavy (non-hydrogen) atoms. The number of hydrogen-bond donors (Lipinski definition) is 1. The Kier molecular flexibility index (Phi) is 3.51. The molecule has 1 aliphatic rings. The molecule has 86 valence electrons. The van der Waals surface area contributed by atoms with Crippen LogP contribution in [0.4, 0.5) is 0 Å². The lowest BCUT2D eigenvalue weighted by molar-refractivity contribution is -0.153. The van der Waals surface area contributed by atoms with Crippen molar-refractivity contribution in [3.05, 3.63) is 29.3 Å². The molecule has 2 rings (SSSR count). The fraction of sp³-hybridized carbons (Fsp3) is 0.417. The maximum Gasteiger partial charge on any atom is 0.339 e. The molecule has 0 amide bonds. The van der Waals surface area contributed by atoms with Gasteiger partial charge in [-0.15, -0.1) is 11.8 Å². The first kappa shape index (κ1) is 11.5. The first-order chi connectivity index (χ1) is 7.74. The van der Waals surface area contributed by atoms with Gasteiger partial charge in [-0.05, 0) is 30.5 Å². The minimum Gasteiger partial charge on any atom is -0.464 e. The molecular weight excluding hydrogens is 224 g/mol. The van der Waals surface area contributed by atoms with Gasteiger partial charge in [0.05, 0.1) is 6.61 Å². The lowest BCUT2D eigenvalue weighted by Crippen LogP contribution is -2.16. The van der Waals surface area contributed by atoms with E-state index in [4.69, 9.17) is 4.74 Å². The summed E-state index contributed by atoms with van der Waals surface area (Å²) in [5.41, 5.74) is 1.79. The number of thioether (sulfide) groups is 1. The summed E-state index contributed by atoms with van der Waals surface area (Å²) in [6.45, 7) is 2.02. The average molecular weight is 238 g/mol. The van der Waals surface area contributed by atoms with Gasteiger partial charge in [0, 0.05) is 10.6 Å². The van der Waals surface area contributed by atoms with E-state index in [1.165, 1.54) is 4.90 Å². The van der Waals surface area contributed by atoms with E-state index < -0.39 is 12.1 Å². The van der Waals surface area contributed by atoms with Crippen LogP contribution in [0.2, 0.25) is 0 Å². The molecule has 0 bridgehead atoms. The third kappa shape index (κ3) is 2.08. The van der Waals surface area contributed by atoms with Crippen molar-refractivity contribution in [2.75, 3.05) is 12.4 Å². The first-order valence-electron chi connectivity index (χ1n) is 5.33. The Morgan fingerprint density at radius 3 is 3.19 bits per heavy atom. The van der Waals surface area contributed by atoms with Gasteiger partial charge in [-0.3, -0.25) is 0 Å². The Hall–Kier alpha value is -1.00. The number of aliphatic hydroxyl groups is 1. The van der Waals surface area contributed by atoms with Gasteiger partial charge in [-0.1, -0.05) is 12.1 Å². The number of carbonyl (C=O) groups is 1. The summed E-state index contributed by atoms with van der Waals surface area (Å²) in [6, 6.07) is 5.69. The van der Waals surface area contributed by atoms with Crippen molar-refractivity contribution in [3.63, 3.8) is 0 Å². The minimum atomic E-state index is -1.14. The molecule has 0 radical (unpaired) electrons. The van der Waals surface area contributed by atoms with E-state index in [1.807, 2.05) is 12.1 Å². The predicted octanol–water partition coefficient (Wildman–Crippen LogP) is 1.93. The third-order valence-corrected chi connectivity index (χ3v) is 3.69. The standard InChI is InChI=1S/C12H14O3S/c1-2-15-12(14)11(13)9-4-3-5-10-8(9)6-7-16-10/h3-5,11,13H,2,6-7H2,1H3. The number of hydrogen-bond acceptors (Lipinski definition) is 4. The van der Waals surface area contributed by atoms with Gasteiger partial charge in [0.1, 0.15) is 0 Å². The summed E-state index contributed by atoms with van der Waals surface area (Å²) in [5.74, 6) is 0.454. The minimum absolute atomic E-state index is 0.291. The van der Waals surface area contributed by atoms with Crippen molar-refractivity contribution in [1.82, 2.24) is 0 Å². The van der Waals surface area contributed by atoms with Gasteiger partial charge < -0.3 is 9.84 Å². The van der Waals surface area contributed by atoms with Crippen molar-refractivity contribution in [1.29, 1.82) is 0 Å². The Morgan fingerprint density at radius 1 is 1.62 bits per heavy atom. The summed E-state index contributed by atoms with van der Waals surface area (Å²) in [6.07, 6.45) is -0.235. The van der Waals surface area contributed by atoms with Gasteiger partial charge in [0.25, 0.3) is 0 Å². The number of fused-ring (bicyclic) bond motifs is 1. The molecule has 0 saturated heterocycles. The van der Waals surface area contributed by atoms with Gasteiger partial charge in [0.15, 0.2) is 6.10 Å². The van der Waals surface area contributed by atoms with E-state index >= 15 is 0 Å². The SMILES string of the molecule is CCOC(=O)C(O)c1cccc2c1CCS2. The Labute approximate surface area is 98.8 Å². The van der Waals surface area contributed by atoms with Crippen LogP contribution in [0.5, 0.6) is 0 Å². The second-order valence-electron chi connectivity index (χ2n) is 3.58. The molecule has 1 atom stereocenters. The highest BCUT2D eigenvalue weighted by atomic mass is 32.2. The molecule has 1 unspecified atom stereocenters. The van der Waals surface area contributed by atoms with Gasteiger partial charge >= 0.3 is 5.97 Å². The number of carbonyl (C=O) groups excluding carboxylic acids is 1. The zero-order valence-corrected chi connectivity index (χ0v) is 9.92. The molecule has 0 saturated carbocycles. The van der Waals surface area contributed by atoms with E-state index in [0.717, 1.165) is 17.7 Å². The molecule has 1 aromatic carbocycles. The van der Waals surface area contributed by atoms with Crippen molar-refractivity contribution >= 4 is 17.7 Å². The fourth-order valence-electron chi connectivity index (χ4n) is 1.85. The van der Waals surface area contributed by atoms with Gasteiger partial charge in [0.2, 0.25) is 0 Å². The van der Waals surface area contributed by atoms with Crippen LogP contribution in [-0.2, 0) is 16.0 Å². The summed E-state index contributed by atoms with van der Waals surface area (Å²) in [7, 11) is 0. The Morgan fingerprint density at radius 2 is 2.44 bits per heavy atom. The number of ether oxygens (including phenoxy) is 1. The predicted molar refractivity (Wildman–Crippen MR) is 62.5 cm³/mol. The molecule has 0 fully saturated rings. The number of benzene rings is 1. The van der Waals surface area contributed by atoms with Crippen molar-refractivity contribution in [2.24, 2.45) is 0 Å². The van der Waals surface area contributed by atoms with E-state index in [-0.39, 0.29) is 0 Å². The smallest absolute Gasteiger partial charge is 0.339 e. The number of rotatable bonds is 3. The highest BCUT2D eigenvalue weighted by molar-refractivity contribution is 7.99. The van der Waals surface area contributed by atoms with Gasteiger partial charge in [-0.25, -0.2) is 4.79 Å². The van der Waals surface area contributed by atoms with E-state index in [1.54, 1.807) is 24.8 Å². The molecule has 0 aliphatic carbocycles. The van der Waals surface area contributed by atoms with E-state index in [0.29, 0.717) is 12.2 Å². The molecule has 3 nitrogen and oxygen atoms in total. The molecule has 1 aromatic rings. The van der Waals surface area contributed by atoms with Crippen LogP contribution in [0, 0.1) is 0 Å². The number of aliphatic hydroxyl groups excluding tert-OH is 1. The molecule has 1 aliphatic heterocycles. The maximum atomic E-state index is 11.5. The van der Waals surface area contributed by atoms with Crippen LogP contribution >= 0.6 is 11.8 Å². The van der Waals surface area contributed by atoms with Gasteiger partial charge in [-0.2, -0.15) is 0 Å². The largest absolute Gasteiger partial charge is 0.464 e. The normalized spacial score (nSPS) is 15.6. The fourth-order valence-corrected chi connectivity index (χ4v) is 2.95. The van der Waals surface area contributed by atoms with Crippen LogP contribution in [0.1, 0.15) is 24.2 Å². The van der Waals surface area contributed by atoms with E-state index in [2.05, 4.69) is 0 Å². The second-order valence-corrected chi connectivity index (χ2v) is 4.71. The van der Waals surface area contributed by atoms with Crippen molar-refractivity contribution in [3.8, 4) is 0 Å². The van der Waals surface area contributed by atoms with E-state index in [9.17, 15) is 9.90 Å². The highest BCUT2D eigenvalue weighted by Gasteiger charge is 2.25. The Bertz CT molecular complexity index is 403. The number of esters is 1. The quantitative estimate of drug-likeness (QED) is 0.817. The summed E-state index contributed by atoms with van der Waals surface area (Å²) < 4.78 is 4.82. The Balaban J connectivity index is 2.27. The zero-order valence-electron chi connectivity index (χ0n) is 9.10. The molecule has 4 heteroatoms. The summed E-state index contributed by atoms with van der Waals surface area (Å²) >= 11 is 1.76. The maximum absolute atomic E-state index is 11.5. The van der Waals surface area contributed by atoms with Crippen LogP contribution in [-0.4, -0.2) is 23.4 Å². The van der Waals surface area contributed by atoms with Crippen LogP contribution < -0.4 is 0 Å². The van der Waals surface area contributed by atoms with Crippen molar-refractivity contribution < 1.29 is 14.6 Å². The van der Waals surface area contributed by atoms with Crippen LogP contribution in [0.25, 0.3) is 0 Å². The molecule has 1 heterocycles. The topological polar surface area (TPSA) is 46.5 Å². The second kappa shape index (κ2) is 4.89. The van der Waals surface area contributed by atoms with Crippen molar-refractivity contribution in [2.45, 2.75) is 24.3 Å². The summed E-state index contributed by atoms with van der Waals surface area (Å²) in [5, 5.41) is 9.90. The summed E-state index contributed by atoms with van der Waals surface area (Å²) in [4.78, 5) is 12.6. The monoisotopic (exact) mass is 238 g/mol. The highest BCUT2D eigenvalue weighted by Crippen LogP contribution is 2.35. The molecule has 0 spiro atoms. The average Bonchev–Trinajstić information content (AvgIpc) is 2.76. The third-order valence-electron chi connectivity index (χ3n) is 2.58. The zero-order chi connectivity index (χ0) is 11.5. The molecule has 0 aromatic heterocycles. The van der Waals surface area contributed by atoms with Crippen LogP contribution in [0.3, 0.4) is 0 Å². The molecule has 1 N–H and O–H groups in total. The van der Waals surface area contributed by atoms with Crippen LogP contribution in [0.15, 0.2) is 23.1 Å². The molecular formula is C12H14O3S.